The van der Waals surface area contributed by atoms with Gasteiger partial charge in [0.05, 0.1) is 17.3 Å². The third-order valence-electron chi connectivity index (χ3n) is 4.22. The number of para-hydroxylation sites is 2. The van der Waals surface area contributed by atoms with Crippen molar-refractivity contribution >= 4 is 38.9 Å². The van der Waals surface area contributed by atoms with Crippen LogP contribution in [-0.4, -0.2) is 20.9 Å². The van der Waals surface area contributed by atoms with Crippen LogP contribution in [0.2, 0.25) is 5.02 Å². The van der Waals surface area contributed by atoms with Crippen molar-refractivity contribution in [3.05, 3.63) is 82.9 Å². The average molecular weight is 445 g/mol. The fourth-order valence-corrected chi connectivity index (χ4v) is 4.31. The maximum Gasteiger partial charge on any atom is 0.263 e. The smallest absolute Gasteiger partial charge is 0.263 e. The molecule has 2 N–H and O–H groups in total. The maximum atomic E-state index is 12.8. The number of sulfonamides is 1. The summed E-state index contributed by atoms with van der Waals surface area (Å²) >= 11 is 6.13. The molecule has 0 saturated heterocycles. The summed E-state index contributed by atoms with van der Waals surface area (Å²) in [5, 5.41) is 2.76. The predicted octanol–water partition coefficient (Wildman–Crippen LogP) is 5.10. The van der Waals surface area contributed by atoms with Gasteiger partial charge >= 0.3 is 0 Å². The number of ether oxygens (including phenoxy) is 1. The summed E-state index contributed by atoms with van der Waals surface area (Å²) in [6.07, 6.45) is 0. The Hall–Kier alpha value is -3.03. The molecule has 3 aromatic rings. The Morgan fingerprint density at radius 3 is 2.43 bits per heavy atom. The molecule has 0 aliphatic heterocycles. The number of hydrogen-bond donors (Lipinski definition) is 2. The third-order valence-corrected chi connectivity index (χ3v) is 6.08. The van der Waals surface area contributed by atoms with Crippen LogP contribution in [0.4, 0.5) is 11.4 Å². The number of carbonyl (C=O) groups excluding carboxylic acids is 1. The minimum absolute atomic E-state index is 0.0147. The molecule has 156 valence electrons. The van der Waals surface area contributed by atoms with Crippen LogP contribution in [0, 0.1) is 6.92 Å². The van der Waals surface area contributed by atoms with Crippen LogP contribution < -0.4 is 14.8 Å². The number of halogens is 1. The number of amides is 1. The Balaban J connectivity index is 1.87. The Bertz CT molecular complexity index is 1160. The summed E-state index contributed by atoms with van der Waals surface area (Å²) in [6, 6.07) is 18.0. The van der Waals surface area contributed by atoms with Gasteiger partial charge < -0.3 is 10.1 Å². The van der Waals surface area contributed by atoms with E-state index in [0.717, 1.165) is 5.56 Å². The first-order valence-corrected chi connectivity index (χ1v) is 11.1. The number of benzene rings is 3. The van der Waals surface area contributed by atoms with E-state index in [0.29, 0.717) is 23.7 Å². The van der Waals surface area contributed by atoms with Crippen molar-refractivity contribution in [1.29, 1.82) is 0 Å². The molecular weight excluding hydrogens is 424 g/mol. The monoisotopic (exact) mass is 444 g/mol. The molecule has 0 heterocycles. The first-order valence-electron chi connectivity index (χ1n) is 9.22. The quantitative estimate of drug-likeness (QED) is 0.531. The highest BCUT2D eigenvalue weighted by atomic mass is 35.5. The lowest BCUT2D eigenvalue weighted by molar-refractivity contribution is 0.102. The molecule has 6 nitrogen and oxygen atoms in total. The largest absolute Gasteiger partial charge is 0.492 e. The molecule has 0 aromatic heterocycles. The zero-order valence-corrected chi connectivity index (χ0v) is 18.0. The van der Waals surface area contributed by atoms with Gasteiger partial charge in [0.1, 0.15) is 10.6 Å². The molecule has 1 amide bonds. The molecular formula is C22H21ClN2O4S. The van der Waals surface area contributed by atoms with Crippen molar-refractivity contribution in [2.45, 2.75) is 18.7 Å². The van der Waals surface area contributed by atoms with Crippen molar-refractivity contribution in [2.75, 3.05) is 16.6 Å². The number of hydrogen-bond acceptors (Lipinski definition) is 4. The topological polar surface area (TPSA) is 84.5 Å². The Morgan fingerprint density at radius 2 is 1.73 bits per heavy atom. The summed E-state index contributed by atoms with van der Waals surface area (Å²) < 4.78 is 33.6. The van der Waals surface area contributed by atoms with E-state index < -0.39 is 15.9 Å². The molecule has 0 aliphatic rings. The van der Waals surface area contributed by atoms with Gasteiger partial charge in [-0.3, -0.25) is 9.52 Å². The van der Waals surface area contributed by atoms with Crippen LogP contribution in [0.5, 0.6) is 5.75 Å². The lowest BCUT2D eigenvalue weighted by Gasteiger charge is -2.13. The predicted molar refractivity (Wildman–Crippen MR) is 119 cm³/mol. The van der Waals surface area contributed by atoms with Gasteiger partial charge in [-0.25, -0.2) is 8.42 Å². The normalized spacial score (nSPS) is 11.0. The molecule has 3 aromatic carbocycles. The van der Waals surface area contributed by atoms with Gasteiger partial charge in [0, 0.05) is 11.3 Å². The molecule has 0 radical (unpaired) electrons. The lowest BCUT2D eigenvalue weighted by Crippen LogP contribution is -2.17. The summed E-state index contributed by atoms with van der Waals surface area (Å²) in [5.41, 5.74) is 2.04. The molecule has 0 unspecified atom stereocenters. The SMILES string of the molecule is CCOc1ccccc1NC(=O)c1ccc(Cl)c(S(=O)(=O)Nc2ccc(C)cc2)c1. The second-order valence-electron chi connectivity index (χ2n) is 6.50. The van der Waals surface area contributed by atoms with E-state index in [9.17, 15) is 13.2 Å². The van der Waals surface area contributed by atoms with Gasteiger partial charge in [-0.15, -0.1) is 0 Å². The molecule has 3 rings (SSSR count). The Kier molecular flexibility index (Phi) is 6.64. The van der Waals surface area contributed by atoms with Gasteiger partial charge in [-0.1, -0.05) is 41.4 Å². The van der Waals surface area contributed by atoms with Crippen LogP contribution in [0.1, 0.15) is 22.8 Å². The van der Waals surface area contributed by atoms with E-state index in [1.807, 2.05) is 13.8 Å². The zero-order chi connectivity index (χ0) is 21.7. The minimum Gasteiger partial charge on any atom is -0.492 e. The second kappa shape index (κ2) is 9.19. The Labute approximate surface area is 180 Å². The van der Waals surface area contributed by atoms with Crippen LogP contribution >= 0.6 is 11.6 Å². The van der Waals surface area contributed by atoms with Crippen LogP contribution in [-0.2, 0) is 10.0 Å². The number of nitrogens with one attached hydrogen (secondary N) is 2. The zero-order valence-electron chi connectivity index (χ0n) is 16.5. The maximum absolute atomic E-state index is 12.8. The van der Waals surface area contributed by atoms with Gasteiger partial charge in [0.15, 0.2) is 0 Å². The molecule has 0 aliphatic carbocycles. The fraction of sp³-hybridized carbons (Fsp3) is 0.136. The van der Waals surface area contributed by atoms with Gasteiger partial charge in [0.2, 0.25) is 0 Å². The van der Waals surface area contributed by atoms with Crippen LogP contribution in [0.25, 0.3) is 0 Å². The summed E-state index contributed by atoms with van der Waals surface area (Å²) in [5.74, 6) is 0.0433. The summed E-state index contributed by atoms with van der Waals surface area (Å²) in [6.45, 7) is 4.19. The summed E-state index contributed by atoms with van der Waals surface area (Å²) in [4.78, 5) is 12.5. The van der Waals surface area contributed by atoms with Crippen LogP contribution in [0.3, 0.4) is 0 Å². The first-order chi connectivity index (χ1) is 14.3. The van der Waals surface area contributed by atoms with E-state index in [4.69, 9.17) is 16.3 Å². The molecule has 0 saturated carbocycles. The average Bonchev–Trinajstić information content (AvgIpc) is 2.71. The molecule has 0 atom stereocenters. The minimum atomic E-state index is -3.99. The van der Waals surface area contributed by atoms with E-state index in [1.165, 1.54) is 18.2 Å². The fourth-order valence-electron chi connectivity index (χ4n) is 2.73. The number of aryl methyl sites for hydroxylation is 1. The summed E-state index contributed by atoms with van der Waals surface area (Å²) in [7, 11) is -3.99. The van der Waals surface area contributed by atoms with E-state index in [1.54, 1.807) is 48.5 Å². The van der Waals surface area contributed by atoms with E-state index >= 15 is 0 Å². The molecule has 0 spiro atoms. The molecule has 8 heteroatoms. The molecule has 0 bridgehead atoms. The van der Waals surface area contributed by atoms with Gasteiger partial charge in [0.25, 0.3) is 15.9 Å². The number of anilines is 2. The highest BCUT2D eigenvalue weighted by Gasteiger charge is 2.21. The van der Waals surface area contributed by atoms with Crippen molar-refractivity contribution in [3.8, 4) is 5.75 Å². The molecule has 30 heavy (non-hydrogen) atoms. The third kappa shape index (κ3) is 5.11. The van der Waals surface area contributed by atoms with Crippen LogP contribution in [0.15, 0.2) is 71.6 Å². The van der Waals surface area contributed by atoms with E-state index in [2.05, 4.69) is 10.0 Å². The molecule has 0 fully saturated rings. The first kappa shape index (κ1) is 21.7. The standard InChI is InChI=1S/C22H21ClN2O4S/c1-3-29-20-7-5-4-6-19(20)24-22(26)16-10-13-18(23)21(14-16)30(27,28)25-17-11-8-15(2)9-12-17/h4-14,25H,3H2,1-2H3,(H,24,26). The highest BCUT2D eigenvalue weighted by Crippen LogP contribution is 2.27. The van der Waals surface area contributed by atoms with Crippen molar-refractivity contribution < 1.29 is 17.9 Å². The lowest BCUT2D eigenvalue weighted by atomic mass is 10.2. The number of carbonyl (C=O) groups is 1. The van der Waals surface area contributed by atoms with Gasteiger partial charge in [-0.05, 0) is 56.3 Å². The Morgan fingerprint density at radius 1 is 1.03 bits per heavy atom. The number of rotatable bonds is 7. The van der Waals surface area contributed by atoms with Crippen molar-refractivity contribution in [2.24, 2.45) is 0 Å². The second-order valence-corrected chi connectivity index (χ2v) is 8.56. The van der Waals surface area contributed by atoms with Gasteiger partial charge in [-0.2, -0.15) is 0 Å². The highest BCUT2D eigenvalue weighted by molar-refractivity contribution is 7.92. The van der Waals surface area contributed by atoms with Crippen molar-refractivity contribution in [1.82, 2.24) is 0 Å². The van der Waals surface area contributed by atoms with E-state index in [-0.39, 0.29) is 15.5 Å². The van der Waals surface area contributed by atoms with Crippen molar-refractivity contribution in [3.63, 3.8) is 0 Å².